The smallest absolute Gasteiger partial charge is 0.326 e. The summed E-state index contributed by atoms with van der Waals surface area (Å²) in [5, 5.41) is 10.9. The molecule has 1 saturated heterocycles. The molecule has 1 fully saturated rings. The Bertz CT molecular complexity index is 694. The molecule has 0 atom stereocenters. The van der Waals surface area contributed by atoms with E-state index in [1.807, 2.05) is 0 Å². The van der Waals surface area contributed by atoms with Crippen LogP contribution in [0.1, 0.15) is 11.1 Å². The number of fused-ring (bicyclic) bond motifs is 1. The predicted octanol–water partition coefficient (Wildman–Crippen LogP) is 1.67. The van der Waals surface area contributed by atoms with Crippen LogP contribution in [0.25, 0.3) is 0 Å². The topological polar surface area (TPSA) is 108 Å². The molecule has 0 saturated carbocycles. The number of non-ortho nitro benzene ring substituents is 1. The summed E-state index contributed by atoms with van der Waals surface area (Å²) >= 11 is 1.16. The summed E-state index contributed by atoms with van der Waals surface area (Å²) in [7, 11) is 0. The molecule has 0 aliphatic carbocycles. The molecule has 9 nitrogen and oxygen atoms in total. The molecule has 1 amide bonds. The zero-order chi connectivity index (χ0) is 17.1. The van der Waals surface area contributed by atoms with Crippen LogP contribution in [0.5, 0.6) is 5.75 Å². The fraction of sp³-hybridized carbons (Fsp3) is 0.429. The molecule has 2 heterocycles. The minimum atomic E-state index is -0.571. The minimum Gasteiger partial charge on any atom is -0.467 e. The van der Waals surface area contributed by atoms with Gasteiger partial charge in [-0.25, -0.2) is 0 Å². The fourth-order valence-electron chi connectivity index (χ4n) is 2.42. The van der Waals surface area contributed by atoms with Gasteiger partial charge < -0.3 is 19.1 Å². The van der Waals surface area contributed by atoms with Crippen LogP contribution in [0, 0.1) is 10.1 Å². The van der Waals surface area contributed by atoms with E-state index in [0.717, 1.165) is 11.8 Å². The number of esters is 1. The Kier molecular flexibility index (Phi) is 4.86. The number of rotatable bonds is 5. The number of benzene rings is 1. The molecule has 0 unspecified atom stereocenters. The maximum absolute atomic E-state index is 11.9. The van der Waals surface area contributed by atoms with Crippen LogP contribution in [0.4, 0.5) is 10.5 Å². The van der Waals surface area contributed by atoms with E-state index in [4.69, 9.17) is 14.2 Å². The minimum absolute atomic E-state index is 0.0330. The van der Waals surface area contributed by atoms with Gasteiger partial charge in [0.2, 0.25) is 0 Å². The average Bonchev–Trinajstić information content (AvgIpc) is 2.97. The lowest BCUT2D eigenvalue weighted by molar-refractivity contribution is -0.385. The van der Waals surface area contributed by atoms with Crippen molar-refractivity contribution < 1.29 is 28.7 Å². The Morgan fingerprint density at radius 2 is 2.29 bits per heavy atom. The highest BCUT2D eigenvalue weighted by Gasteiger charge is 2.25. The number of hydrogen-bond acceptors (Lipinski definition) is 8. The summed E-state index contributed by atoms with van der Waals surface area (Å²) in [5.41, 5.74) is 0.811. The van der Waals surface area contributed by atoms with Crippen molar-refractivity contribution in [3.8, 4) is 5.75 Å². The first-order chi connectivity index (χ1) is 11.5. The van der Waals surface area contributed by atoms with Crippen molar-refractivity contribution >= 4 is 28.7 Å². The van der Waals surface area contributed by atoms with Crippen molar-refractivity contribution in [1.29, 1.82) is 0 Å². The maximum atomic E-state index is 11.9. The van der Waals surface area contributed by atoms with Crippen LogP contribution in [-0.4, -0.2) is 46.7 Å². The van der Waals surface area contributed by atoms with Gasteiger partial charge in [-0.3, -0.25) is 19.7 Å². The Hall–Kier alpha value is -2.33. The largest absolute Gasteiger partial charge is 0.467 e. The Morgan fingerprint density at radius 1 is 1.46 bits per heavy atom. The number of nitro benzene ring substituents is 1. The number of nitrogens with zero attached hydrogens (tertiary/aromatic N) is 2. The van der Waals surface area contributed by atoms with Gasteiger partial charge in [-0.1, -0.05) is 11.8 Å². The van der Waals surface area contributed by atoms with Crippen LogP contribution in [0.3, 0.4) is 0 Å². The van der Waals surface area contributed by atoms with Crippen LogP contribution in [-0.2, 0) is 27.5 Å². The van der Waals surface area contributed by atoms with E-state index in [1.54, 1.807) is 0 Å². The molecule has 0 radical (unpaired) electrons. The highest BCUT2D eigenvalue weighted by atomic mass is 32.2. The van der Waals surface area contributed by atoms with E-state index in [1.165, 1.54) is 17.0 Å². The summed E-state index contributed by atoms with van der Waals surface area (Å²) in [4.78, 5) is 35.2. The first-order valence-electron chi connectivity index (χ1n) is 7.12. The number of carbonyl (C=O) groups is 2. The first kappa shape index (κ1) is 16.5. The molecule has 1 aromatic rings. The van der Waals surface area contributed by atoms with E-state index in [2.05, 4.69) is 0 Å². The first-order valence-corrected chi connectivity index (χ1v) is 8.11. The Labute approximate surface area is 141 Å². The van der Waals surface area contributed by atoms with E-state index in [0.29, 0.717) is 29.2 Å². The number of ether oxygens (including phenoxy) is 3. The van der Waals surface area contributed by atoms with Gasteiger partial charge in [0.05, 0.1) is 11.5 Å². The lowest BCUT2D eigenvalue weighted by Crippen LogP contribution is -2.30. The zero-order valence-electron chi connectivity index (χ0n) is 12.6. The van der Waals surface area contributed by atoms with E-state index in [9.17, 15) is 19.7 Å². The van der Waals surface area contributed by atoms with Crippen molar-refractivity contribution in [2.24, 2.45) is 0 Å². The molecule has 0 bridgehead atoms. The molecule has 3 rings (SSSR count). The molecule has 2 aliphatic heterocycles. The van der Waals surface area contributed by atoms with Crippen LogP contribution < -0.4 is 4.74 Å². The third-order valence-corrected chi connectivity index (χ3v) is 4.43. The molecule has 0 spiro atoms. The summed E-state index contributed by atoms with van der Waals surface area (Å²) < 4.78 is 15.6. The normalized spacial score (nSPS) is 16.5. The summed E-state index contributed by atoms with van der Waals surface area (Å²) in [5.74, 6) is 0.517. The Morgan fingerprint density at radius 3 is 3.00 bits per heavy atom. The van der Waals surface area contributed by atoms with Gasteiger partial charge in [-0.05, 0) is 0 Å². The van der Waals surface area contributed by atoms with Crippen LogP contribution >= 0.6 is 11.8 Å². The fourth-order valence-corrected chi connectivity index (χ4v) is 3.25. The molecule has 1 aromatic carbocycles. The van der Waals surface area contributed by atoms with Gasteiger partial charge in [0, 0.05) is 35.6 Å². The molecule has 10 heteroatoms. The van der Waals surface area contributed by atoms with Gasteiger partial charge >= 0.3 is 5.97 Å². The summed E-state index contributed by atoms with van der Waals surface area (Å²) in [6.45, 7) is 0.429. The number of thioether (sulfide) groups is 1. The molecule has 0 aromatic heterocycles. The standard InChI is InChI=1S/C14H14N2O7S/c17-12(5-15-1-2-24-14(15)18)22-7-10-4-11(16(19)20)3-9-6-21-8-23-13(9)10/h3-4H,1-2,5-8H2. The highest BCUT2D eigenvalue weighted by Crippen LogP contribution is 2.33. The molecule has 24 heavy (non-hydrogen) atoms. The van der Waals surface area contributed by atoms with Crippen molar-refractivity contribution in [2.75, 3.05) is 25.6 Å². The third kappa shape index (κ3) is 3.60. The second-order valence-corrected chi connectivity index (χ2v) is 6.20. The number of amides is 1. The molecule has 2 aliphatic rings. The summed E-state index contributed by atoms with van der Waals surface area (Å²) in [6, 6.07) is 2.69. The summed E-state index contributed by atoms with van der Waals surface area (Å²) in [6.07, 6.45) is 0. The molecule has 0 N–H and O–H groups in total. The van der Waals surface area contributed by atoms with Gasteiger partial charge in [-0.15, -0.1) is 0 Å². The quantitative estimate of drug-likeness (QED) is 0.446. The zero-order valence-corrected chi connectivity index (χ0v) is 13.4. The lowest BCUT2D eigenvalue weighted by atomic mass is 10.1. The average molecular weight is 354 g/mol. The van der Waals surface area contributed by atoms with E-state index >= 15 is 0 Å². The van der Waals surface area contributed by atoms with Crippen molar-refractivity contribution in [3.05, 3.63) is 33.4 Å². The van der Waals surface area contributed by atoms with E-state index in [-0.39, 0.29) is 37.5 Å². The monoisotopic (exact) mass is 354 g/mol. The van der Waals surface area contributed by atoms with Crippen molar-refractivity contribution in [1.82, 2.24) is 4.90 Å². The van der Waals surface area contributed by atoms with Crippen LogP contribution in [0.2, 0.25) is 0 Å². The molecular weight excluding hydrogens is 340 g/mol. The number of nitro groups is 1. The van der Waals surface area contributed by atoms with Crippen molar-refractivity contribution in [3.63, 3.8) is 0 Å². The van der Waals surface area contributed by atoms with Gasteiger partial charge in [-0.2, -0.15) is 0 Å². The number of hydrogen-bond donors (Lipinski definition) is 0. The highest BCUT2D eigenvalue weighted by molar-refractivity contribution is 8.13. The Balaban J connectivity index is 1.69. The second kappa shape index (κ2) is 7.05. The van der Waals surface area contributed by atoms with Crippen molar-refractivity contribution in [2.45, 2.75) is 13.2 Å². The van der Waals surface area contributed by atoms with Crippen LogP contribution in [0.15, 0.2) is 12.1 Å². The molecule has 128 valence electrons. The second-order valence-electron chi connectivity index (χ2n) is 5.16. The SMILES string of the molecule is O=C(CN1CCSC1=O)OCc1cc([N+](=O)[O-])cc2c1OCOC2. The maximum Gasteiger partial charge on any atom is 0.326 e. The third-order valence-electron chi connectivity index (χ3n) is 3.54. The molecular formula is C14H14N2O7S. The van der Waals surface area contributed by atoms with Gasteiger partial charge in [0.15, 0.2) is 6.79 Å². The lowest BCUT2D eigenvalue weighted by Gasteiger charge is -2.20. The predicted molar refractivity (Wildman–Crippen MR) is 82.6 cm³/mol. The van der Waals surface area contributed by atoms with E-state index < -0.39 is 10.9 Å². The number of carbonyl (C=O) groups excluding carboxylic acids is 2. The van der Waals surface area contributed by atoms with Gasteiger partial charge in [0.1, 0.15) is 18.9 Å². The van der Waals surface area contributed by atoms with Gasteiger partial charge in [0.25, 0.3) is 10.9 Å².